The number of rotatable bonds is 10. The lowest BCUT2D eigenvalue weighted by molar-refractivity contribution is -0.164. The molecule has 0 aromatic heterocycles. The lowest BCUT2D eigenvalue weighted by Crippen LogP contribution is -2.46. The third kappa shape index (κ3) is 9.76. The second kappa shape index (κ2) is 12.7. The third-order valence-corrected chi connectivity index (χ3v) is 4.53. The molecule has 198 valence electrons. The SMILES string of the molecule is CC(C)(C)OC(=O)CC(NC(=O)c1cc(F)c(N(CCCl)CCCl)c(F)c1F)C(=O)OC(C)(C)C. The Morgan fingerprint density at radius 3 is 1.91 bits per heavy atom. The molecule has 1 aromatic carbocycles. The maximum Gasteiger partial charge on any atom is 0.329 e. The van der Waals surface area contributed by atoms with Gasteiger partial charge in [-0.2, -0.15) is 0 Å². The molecule has 0 radical (unpaired) electrons. The van der Waals surface area contributed by atoms with Crippen LogP contribution in [0.2, 0.25) is 0 Å². The molecule has 12 heteroatoms. The van der Waals surface area contributed by atoms with Crippen molar-refractivity contribution in [1.29, 1.82) is 0 Å². The largest absolute Gasteiger partial charge is 0.460 e. The molecule has 0 aliphatic carbocycles. The Labute approximate surface area is 213 Å². The molecule has 0 heterocycles. The van der Waals surface area contributed by atoms with E-state index in [2.05, 4.69) is 5.32 Å². The minimum absolute atomic E-state index is 0.0120. The van der Waals surface area contributed by atoms with Gasteiger partial charge in [0.25, 0.3) is 5.91 Å². The van der Waals surface area contributed by atoms with E-state index >= 15 is 0 Å². The van der Waals surface area contributed by atoms with Gasteiger partial charge in [0.1, 0.15) is 22.9 Å². The normalized spacial score (nSPS) is 12.7. The smallest absolute Gasteiger partial charge is 0.329 e. The number of nitrogens with one attached hydrogen (secondary N) is 1. The molecule has 0 bridgehead atoms. The summed E-state index contributed by atoms with van der Waals surface area (Å²) in [6.07, 6.45) is -0.651. The summed E-state index contributed by atoms with van der Waals surface area (Å²) in [6.45, 7) is 9.45. The van der Waals surface area contributed by atoms with E-state index in [1.807, 2.05) is 0 Å². The van der Waals surface area contributed by atoms with Gasteiger partial charge >= 0.3 is 11.9 Å². The number of hydrogen-bond acceptors (Lipinski definition) is 6. The van der Waals surface area contributed by atoms with Crippen LogP contribution in [0.1, 0.15) is 58.3 Å². The third-order valence-electron chi connectivity index (χ3n) is 4.19. The maximum atomic E-state index is 14.8. The molecule has 0 spiro atoms. The Hall–Kier alpha value is -2.20. The fourth-order valence-electron chi connectivity index (χ4n) is 2.93. The van der Waals surface area contributed by atoms with Crippen LogP contribution in [0, 0.1) is 17.5 Å². The molecular formula is C23H31Cl2F3N2O5. The van der Waals surface area contributed by atoms with E-state index in [9.17, 15) is 27.6 Å². The first kappa shape index (κ1) is 30.8. The predicted octanol–water partition coefficient (Wildman–Crippen LogP) is 4.56. The standard InChI is InChI=1S/C23H31Cl2F3N2O5/c1-22(2,3)34-16(31)12-15(21(33)35-23(4,5)6)29-20(32)13-11-14(26)19(18(28)17(13)27)30(9-7-24)10-8-25/h11,15H,7-10,12H2,1-6H3,(H,29,32). The molecule has 0 fully saturated rings. The highest BCUT2D eigenvalue weighted by molar-refractivity contribution is 6.18. The molecule has 1 unspecified atom stereocenters. The van der Waals surface area contributed by atoms with Crippen molar-refractivity contribution in [3.8, 4) is 0 Å². The summed E-state index contributed by atoms with van der Waals surface area (Å²) < 4.78 is 54.8. The number of benzene rings is 1. The molecule has 0 saturated carbocycles. The van der Waals surface area contributed by atoms with Gasteiger partial charge in [-0.05, 0) is 47.6 Å². The zero-order chi connectivity index (χ0) is 27.1. The van der Waals surface area contributed by atoms with Gasteiger partial charge in [0.15, 0.2) is 17.5 Å². The molecular weight excluding hydrogens is 512 g/mol. The zero-order valence-corrected chi connectivity index (χ0v) is 22.1. The van der Waals surface area contributed by atoms with E-state index in [4.69, 9.17) is 32.7 Å². The molecule has 1 N–H and O–H groups in total. The quantitative estimate of drug-likeness (QED) is 0.265. The second-order valence-corrected chi connectivity index (χ2v) is 10.4. The van der Waals surface area contributed by atoms with E-state index in [1.54, 1.807) is 41.5 Å². The Morgan fingerprint density at radius 2 is 1.46 bits per heavy atom. The van der Waals surface area contributed by atoms with Gasteiger partial charge in [0.05, 0.1) is 12.0 Å². The van der Waals surface area contributed by atoms with E-state index in [1.165, 1.54) is 0 Å². The Morgan fingerprint density at radius 1 is 0.943 bits per heavy atom. The topological polar surface area (TPSA) is 84.9 Å². The van der Waals surface area contributed by atoms with Crippen LogP contribution in [0.25, 0.3) is 0 Å². The van der Waals surface area contributed by atoms with Gasteiger partial charge in [-0.1, -0.05) is 0 Å². The van der Waals surface area contributed by atoms with Crippen molar-refractivity contribution in [2.24, 2.45) is 0 Å². The van der Waals surface area contributed by atoms with Crippen LogP contribution in [-0.2, 0) is 19.1 Å². The van der Waals surface area contributed by atoms with Crippen molar-refractivity contribution >= 4 is 46.7 Å². The molecule has 1 amide bonds. The van der Waals surface area contributed by atoms with Crippen LogP contribution in [0.3, 0.4) is 0 Å². The van der Waals surface area contributed by atoms with Crippen LogP contribution < -0.4 is 10.2 Å². The summed E-state index contributed by atoms with van der Waals surface area (Å²) in [5.41, 5.74) is -3.59. The number of alkyl halides is 2. The summed E-state index contributed by atoms with van der Waals surface area (Å²) in [7, 11) is 0. The number of ether oxygens (including phenoxy) is 2. The van der Waals surface area contributed by atoms with Gasteiger partial charge in [0, 0.05) is 24.8 Å². The predicted molar refractivity (Wildman–Crippen MR) is 128 cm³/mol. The molecule has 35 heavy (non-hydrogen) atoms. The van der Waals surface area contributed by atoms with Gasteiger partial charge in [-0.15, -0.1) is 23.2 Å². The van der Waals surface area contributed by atoms with Crippen molar-refractivity contribution in [2.75, 3.05) is 29.7 Å². The van der Waals surface area contributed by atoms with Gasteiger partial charge in [-0.25, -0.2) is 18.0 Å². The van der Waals surface area contributed by atoms with Crippen molar-refractivity contribution in [3.05, 3.63) is 29.1 Å². The molecule has 1 rings (SSSR count). The number of hydrogen-bond donors (Lipinski definition) is 1. The number of carbonyl (C=O) groups is 3. The number of halogens is 5. The number of anilines is 1. The summed E-state index contributed by atoms with van der Waals surface area (Å²) in [5.74, 6) is -7.70. The minimum atomic E-state index is -1.65. The molecule has 1 atom stereocenters. The number of nitrogens with zero attached hydrogens (tertiary/aromatic N) is 1. The summed E-state index contributed by atoms with van der Waals surface area (Å²) in [5, 5.41) is 2.12. The van der Waals surface area contributed by atoms with E-state index in [-0.39, 0.29) is 24.8 Å². The second-order valence-electron chi connectivity index (χ2n) is 9.60. The summed E-state index contributed by atoms with van der Waals surface area (Å²) in [6, 6.07) is -1.11. The van der Waals surface area contributed by atoms with Crippen LogP contribution in [0.5, 0.6) is 0 Å². The summed E-state index contributed by atoms with van der Waals surface area (Å²) >= 11 is 11.3. The number of carbonyl (C=O) groups excluding carboxylic acids is 3. The number of amides is 1. The maximum absolute atomic E-state index is 14.8. The van der Waals surface area contributed by atoms with E-state index in [0.717, 1.165) is 4.90 Å². The molecule has 0 aliphatic rings. The highest BCUT2D eigenvalue weighted by Crippen LogP contribution is 2.28. The van der Waals surface area contributed by atoms with Crippen LogP contribution in [0.15, 0.2) is 6.07 Å². The van der Waals surface area contributed by atoms with Gasteiger partial charge < -0.3 is 19.7 Å². The van der Waals surface area contributed by atoms with Crippen molar-refractivity contribution in [2.45, 2.75) is 65.2 Å². The summed E-state index contributed by atoms with van der Waals surface area (Å²) in [4.78, 5) is 38.7. The van der Waals surface area contributed by atoms with Crippen molar-refractivity contribution in [3.63, 3.8) is 0 Å². The Kier molecular flexibility index (Phi) is 11.2. The van der Waals surface area contributed by atoms with Crippen LogP contribution in [-0.4, -0.2) is 59.9 Å². The van der Waals surface area contributed by atoms with E-state index in [0.29, 0.717) is 6.07 Å². The number of esters is 2. The Bertz CT molecular complexity index is 927. The zero-order valence-electron chi connectivity index (χ0n) is 20.6. The fourth-order valence-corrected chi connectivity index (χ4v) is 3.34. The monoisotopic (exact) mass is 542 g/mol. The Balaban J connectivity index is 3.31. The minimum Gasteiger partial charge on any atom is -0.460 e. The lowest BCUT2D eigenvalue weighted by atomic mass is 10.1. The molecule has 0 aliphatic heterocycles. The highest BCUT2D eigenvalue weighted by atomic mass is 35.5. The van der Waals surface area contributed by atoms with Gasteiger partial charge in [0.2, 0.25) is 0 Å². The van der Waals surface area contributed by atoms with Crippen molar-refractivity contribution in [1.82, 2.24) is 5.32 Å². The fraction of sp³-hybridized carbons (Fsp3) is 0.609. The molecule has 0 saturated heterocycles. The molecule has 7 nitrogen and oxygen atoms in total. The first-order valence-electron chi connectivity index (χ1n) is 10.8. The highest BCUT2D eigenvalue weighted by Gasteiger charge is 2.33. The van der Waals surface area contributed by atoms with E-state index < -0.39 is 70.2 Å². The lowest BCUT2D eigenvalue weighted by Gasteiger charge is -2.26. The van der Waals surface area contributed by atoms with Crippen molar-refractivity contribution < 1.29 is 37.0 Å². The van der Waals surface area contributed by atoms with Gasteiger partial charge in [-0.3, -0.25) is 9.59 Å². The average molecular weight is 543 g/mol. The average Bonchev–Trinajstić information content (AvgIpc) is 2.67. The first-order valence-corrected chi connectivity index (χ1v) is 11.9. The molecule has 1 aromatic rings. The van der Waals surface area contributed by atoms with Crippen LogP contribution >= 0.6 is 23.2 Å². The first-order chi connectivity index (χ1) is 16.0. The van der Waals surface area contributed by atoms with Crippen LogP contribution in [0.4, 0.5) is 18.9 Å².